The summed E-state index contributed by atoms with van der Waals surface area (Å²) in [5.41, 5.74) is 2.89. The number of carbonyl (C=O) groups is 1. The predicted octanol–water partition coefficient (Wildman–Crippen LogP) is 5.76. The Morgan fingerprint density at radius 3 is 2.45 bits per heavy atom. The molecule has 0 aromatic heterocycles. The van der Waals surface area contributed by atoms with E-state index in [0.29, 0.717) is 18.3 Å². The molecule has 150 valence electrons. The zero-order valence-electron chi connectivity index (χ0n) is 16.7. The van der Waals surface area contributed by atoms with Crippen LogP contribution in [0.3, 0.4) is 0 Å². The van der Waals surface area contributed by atoms with Crippen molar-refractivity contribution in [1.29, 1.82) is 0 Å². The first-order valence-electron chi connectivity index (χ1n) is 10.0. The third kappa shape index (κ3) is 3.96. The van der Waals surface area contributed by atoms with Gasteiger partial charge in [0.2, 0.25) is 5.90 Å². The van der Waals surface area contributed by atoms with E-state index in [1.807, 2.05) is 97.1 Å². The number of hydrogen-bond donors (Lipinski definition) is 0. The van der Waals surface area contributed by atoms with E-state index in [1.165, 1.54) is 0 Å². The molecule has 0 saturated carbocycles. The molecule has 0 unspecified atom stereocenters. The Hall–Kier alpha value is -4.18. The number of hydrogen-bond acceptors (Lipinski definition) is 4. The molecule has 0 bridgehead atoms. The smallest absolute Gasteiger partial charge is 0.363 e. The lowest BCUT2D eigenvalue weighted by atomic mass is 10.0. The second kappa shape index (κ2) is 8.28. The largest absolute Gasteiger partial charge is 0.488 e. The monoisotopic (exact) mass is 405 g/mol. The average Bonchev–Trinajstić information content (AvgIpc) is 3.18. The summed E-state index contributed by atoms with van der Waals surface area (Å²) >= 11 is 0. The molecule has 0 aliphatic carbocycles. The number of rotatable bonds is 5. The van der Waals surface area contributed by atoms with Crippen LogP contribution in [0, 0.1) is 0 Å². The van der Waals surface area contributed by atoms with Crippen LogP contribution in [0.4, 0.5) is 0 Å². The summed E-state index contributed by atoms with van der Waals surface area (Å²) in [6.45, 7) is 0.440. The van der Waals surface area contributed by atoms with Crippen LogP contribution in [-0.2, 0) is 16.1 Å². The molecule has 1 aliphatic rings. The summed E-state index contributed by atoms with van der Waals surface area (Å²) in [5, 5.41) is 2.06. The van der Waals surface area contributed by atoms with Gasteiger partial charge in [-0.25, -0.2) is 9.79 Å². The number of cyclic esters (lactones) is 1. The SMILES string of the molecule is O=C1OC(c2cccc3ccccc23)=NC1=Cc1ccccc1OCc1ccccc1. The maximum absolute atomic E-state index is 12.5. The molecule has 1 heterocycles. The Balaban J connectivity index is 1.46. The van der Waals surface area contributed by atoms with Gasteiger partial charge in [-0.05, 0) is 34.5 Å². The normalized spacial score (nSPS) is 14.5. The minimum atomic E-state index is -0.471. The highest BCUT2D eigenvalue weighted by molar-refractivity contribution is 6.17. The van der Waals surface area contributed by atoms with Crippen LogP contribution in [0.15, 0.2) is 108 Å². The molecule has 0 radical (unpaired) electrons. The molecule has 4 heteroatoms. The Morgan fingerprint density at radius 1 is 0.806 bits per heavy atom. The van der Waals surface area contributed by atoms with Crippen molar-refractivity contribution in [2.24, 2.45) is 4.99 Å². The van der Waals surface area contributed by atoms with Crippen LogP contribution in [-0.4, -0.2) is 11.9 Å². The lowest BCUT2D eigenvalue weighted by Gasteiger charge is -2.09. The molecule has 1 aliphatic heterocycles. The molecule has 0 amide bonds. The quantitative estimate of drug-likeness (QED) is 0.313. The first-order chi connectivity index (χ1) is 15.3. The fourth-order valence-electron chi connectivity index (χ4n) is 3.55. The van der Waals surface area contributed by atoms with E-state index in [2.05, 4.69) is 4.99 Å². The minimum absolute atomic E-state index is 0.249. The maximum atomic E-state index is 12.5. The number of fused-ring (bicyclic) bond motifs is 1. The molecule has 4 aromatic rings. The molecule has 31 heavy (non-hydrogen) atoms. The minimum Gasteiger partial charge on any atom is -0.488 e. The molecule has 0 spiro atoms. The number of carbonyl (C=O) groups excluding carboxylic acids is 1. The van der Waals surface area contributed by atoms with Gasteiger partial charge in [0.05, 0.1) is 0 Å². The average molecular weight is 405 g/mol. The topological polar surface area (TPSA) is 47.9 Å². The highest BCUT2D eigenvalue weighted by Gasteiger charge is 2.25. The summed E-state index contributed by atoms with van der Waals surface area (Å²) in [6, 6.07) is 31.3. The third-order valence-electron chi connectivity index (χ3n) is 5.09. The molecule has 5 rings (SSSR count). The summed E-state index contributed by atoms with van der Waals surface area (Å²) in [7, 11) is 0. The van der Waals surface area contributed by atoms with Gasteiger partial charge in [-0.3, -0.25) is 0 Å². The predicted molar refractivity (Wildman–Crippen MR) is 122 cm³/mol. The van der Waals surface area contributed by atoms with Gasteiger partial charge >= 0.3 is 5.97 Å². The van der Waals surface area contributed by atoms with E-state index >= 15 is 0 Å². The Kier molecular flexibility index (Phi) is 5.03. The summed E-state index contributed by atoms with van der Waals surface area (Å²) in [6.07, 6.45) is 1.71. The number of esters is 1. The van der Waals surface area contributed by atoms with E-state index in [9.17, 15) is 4.79 Å². The molecular weight excluding hydrogens is 386 g/mol. The lowest BCUT2D eigenvalue weighted by molar-refractivity contribution is -0.129. The zero-order chi connectivity index (χ0) is 21.0. The van der Waals surface area contributed by atoms with Crippen molar-refractivity contribution in [1.82, 2.24) is 0 Å². The molecule has 0 fully saturated rings. The van der Waals surface area contributed by atoms with Crippen LogP contribution in [0.2, 0.25) is 0 Å². The van der Waals surface area contributed by atoms with E-state index in [1.54, 1.807) is 6.08 Å². The molecular formula is C27H19NO3. The van der Waals surface area contributed by atoms with Crippen molar-refractivity contribution < 1.29 is 14.3 Å². The van der Waals surface area contributed by atoms with Crippen molar-refractivity contribution in [3.63, 3.8) is 0 Å². The van der Waals surface area contributed by atoms with Gasteiger partial charge in [0.15, 0.2) is 5.70 Å². The molecule has 0 saturated heterocycles. The highest BCUT2D eigenvalue weighted by atomic mass is 16.6. The fraction of sp³-hybridized carbons (Fsp3) is 0.0370. The summed E-state index contributed by atoms with van der Waals surface area (Å²) < 4.78 is 11.5. The second-order valence-corrected chi connectivity index (χ2v) is 7.17. The van der Waals surface area contributed by atoms with Gasteiger partial charge in [-0.2, -0.15) is 0 Å². The van der Waals surface area contributed by atoms with Gasteiger partial charge in [-0.15, -0.1) is 0 Å². The van der Waals surface area contributed by atoms with E-state index in [0.717, 1.165) is 27.5 Å². The van der Waals surface area contributed by atoms with Crippen LogP contribution < -0.4 is 4.74 Å². The van der Waals surface area contributed by atoms with Gasteiger partial charge in [-0.1, -0.05) is 84.9 Å². The number of ether oxygens (including phenoxy) is 2. The molecule has 0 N–H and O–H groups in total. The number of benzene rings is 4. The first-order valence-corrected chi connectivity index (χ1v) is 10.0. The van der Waals surface area contributed by atoms with Gasteiger partial charge in [0.25, 0.3) is 0 Å². The van der Waals surface area contributed by atoms with Gasteiger partial charge in [0, 0.05) is 11.1 Å². The number of para-hydroxylation sites is 1. The highest BCUT2D eigenvalue weighted by Crippen LogP contribution is 2.27. The van der Waals surface area contributed by atoms with E-state index in [4.69, 9.17) is 9.47 Å². The zero-order valence-corrected chi connectivity index (χ0v) is 16.7. The van der Waals surface area contributed by atoms with Crippen molar-refractivity contribution in [2.45, 2.75) is 6.61 Å². The molecule has 0 atom stereocenters. The Labute approximate surface area is 180 Å². The second-order valence-electron chi connectivity index (χ2n) is 7.17. The van der Waals surface area contributed by atoms with Crippen LogP contribution in [0.25, 0.3) is 16.8 Å². The fourth-order valence-corrected chi connectivity index (χ4v) is 3.55. The van der Waals surface area contributed by atoms with E-state index < -0.39 is 5.97 Å². The summed E-state index contributed by atoms with van der Waals surface area (Å²) in [5.74, 6) is 0.525. The Morgan fingerprint density at radius 2 is 1.55 bits per heavy atom. The van der Waals surface area contributed by atoms with Gasteiger partial charge in [0.1, 0.15) is 12.4 Å². The van der Waals surface area contributed by atoms with Crippen molar-refractivity contribution in [3.05, 3.63) is 119 Å². The molecule has 4 nitrogen and oxygen atoms in total. The van der Waals surface area contributed by atoms with Crippen molar-refractivity contribution in [2.75, 3.05) is 0 Å². The maximum Gasteiger partial charge on any atom is 0.363 e. The Bertz CT molecular complexity index is 1320. The lowest BCUT2D eigenvalue weighted by Crippen LogP contribution is -2.06. The van der Waals surface area contributed by atoms with Crippen LogP contribution in [0.1, 0.15) is 16.7 Å². The number of aliphatic imine (C=N–C) groups is 1. The van der Waals surface area contributed by atoms with E-state index in [-0.39, 0.29) is 5.70 Å². The van der Waals surface area contributed by atoms with Crippen LogP contribution in [0.5, 0.6) is 5.75 Å². The van der Waals surface area contributed by atoms with Crippen molar-refractivity contribution in [3.8, 4) is 5.75 Å². The number of nitrogens with zero attached hydrogens (tertiary/aromatic N) is 1. The van der Waals surface area contributed by atoms with Gasteiger partial charge < -0.3 is 9.47 Å². The van der Waals surface area contributed by atoms with Crippen LogP contribution >= 0.6 is 0 Å². The van der Waals surface area contributed by atoms with Crippen molar-refractivity contribution >= 4 is 28.7 Å². The standard InChI is InChI=1S/C27H19NO3/c29-27-24(28-26(31-27)23-15-8-13-20-11-4-6-14-22(20)23)17-21-12-5-7-16-25(21)30-18-19-9-2-1-3-10-19/h1-17H,18H2. The third-order valence-corrected chi connectivity index (χ3v) is 5.09. The molecule has 4 aromatic carbocycles. The first kappa shape index (κ1) is 18.8. The summed E-state index contributed by atoms with van der Waals surface area (Å²) in [4.78, 5) is 17.0.